The van der Waals surface area contributed by atoms with E-state index < -0.39 is 40.6 Å². The number of fused-ring (bicyclic) bond motifs is 2. The fourth-order valence-corrected chi connectivity index (χ4v) is 5.94. The van der Waals surface area contributed by atoms with E-state index in [-0.39, 0.29) is 13.1 Å². The number of piperidine rings is 2. The van der Waals surface area contributed by atoms with Gasteiger partial charge in [0, 0.05) is 25.5 Å². The molecule has 4 heterocycles. The molecule has 0 aliphatic carbocycles. The van der Waals surface area contributed by atoms with Crippen molar-refractivity contribution in [3.8, 4) is 0 Å². The minimum absolute atomic E-state index is 0.117. The third-order valence-corrected chi connectivity index (χ3v) is 7.08. The van der Waals surface area contributed by atoms with Crippen molar-refractivity contribution >= 4 is 17.7 Å². The van der Waals surface area contributed by atoms with Gasteiger partial charge in [-0.15, -0.1) is 0 Å². The summed E-state index contributed by atoms with van der Waals surface area (Å²) in [4.78, 5) is 54.7. The third-order valence-electron chi connectivity index (χ3n) is 7.08. The monoisotopic (exact) mass is 466 g/mol. The van der Waals surface area contributed by atoms with Crippen LogP contribution in [0.4, 0.5) is 0 Å². The molecular formula is C25H30N4O5. The summed E-state index contributed by atoms with van der Waals surface area (Å²) < 4.78 is 10.5. The SMILES string of the molecule is CCCN1C[C@@]2(C(=O)OC)C(=O)[C@@](C(=O)OC)(C1)[C@@H](c1ccccn1)N(C)[C@H]2c1ccccn1. The van der Waals surface area contributed by atoms with Crippen molar-refractivity contribution in [2.45, 2.75) is 25.4 Å². The molecule has 2 aliphatic heterocycles. The molecule has 9 nitrogen and oxygen atoms in total. The number of carbonyl (C=O) groups excluding carboxylic acids is 3. The Morgan fingerprint density at radius 2 is 1.41 bits per heavy atom. The first-order valence-corrected chi connectivity index (χ1v) is 11.4. The average molecular weight is 467 g/mol. The van der Waals surface area contributed by atoms with Gasteiger partial charge in [0.15, 0.2) is 16.6 Å². The van der Waals surface area contributed by atoms with Crippen molar-refractivity contribution in [2.24, 2.45) is 10.8 Å². The van der Waals surface area contributed by atoms with Crippen molar-refractivity contribution in [3.63, 3.8) is 0 Å². The van der Waals surface area contributed by atoms with Crippen LogP contribution in [-0.4, -0.2) is 78.4 Å². The number of carbonyl (C=O) groups is 3. The number of methoxy groups -OCH3 is 2. The van der Waals surface area contributed by atoms with Crippen molar-refractivity contribution < 1.29 is 23.9 Å². The van der Waals surface area contributed by atoms with Gasteiger partial charge in [-0.25, -0.2) is 0 Å². The van der Waals surface area contributed by atoms with Crippen LogP contribution < -0.4 is 0 Å². The van der Waals surface area contributed by atoms with Crippen LogP contribution in [0.5, 0.6) is 0 Å². The topological polar surface area (TPSA) is 102 Å². The largest absolute Gasteiger partial charge is 0.468 e. The quantitative estimate of drug-likeness (QED) is 0.466. The lowest BCUT2D eigenvalue weighted by atomic mass is 9.54. The van der Waals surface area contributed by atoms with Crippen molar-refractivity contribution in [1.82, 2.24) is 19.8 Å². The number of hydrogen-bond acceptors (Lipinski definition) is 9. The summed E-state index contributed by atoms with van der Waals surface area (Å²) in [6.07, 6.45) is 4.04. The fourth-order valence-electron chi connectivity index (χ4n) is 5.94. The summed E-state index contributed by atoms with van der Waals surface area (Å²) in [7, 11) is 4.34. The normalized spacial score (nSPS) is 29.5. The van der Waals surface area contributed by atoms with E-state index in [1.165, 1.54) is 14.2 Å². The van der Waals surface area contributed by atoms with E-state index >= 15 is 0 Å². The summed E-state index contributed by atoms with van der Waals surface area (Å²) >= 11 is 0. The highest BCUT2D eigenvalue weighted by molar-refractivity contribution is 6.17. The molecule has 0 aromatic carbocycles. The molecule has 2 bridgehead atoms. The maximum absolute atomic E-state index is 14.6. The highest BCUT2D eigenvalue weighted by Gasteiger charge is 2.75. The number of Topliss-reactive ketones (excluding diaryl/α,β-unsaturated/α-hetero) is 1. The Morgan fingerprint density at radius 1 is 0.941 bits per heavy atom. The average Bonchev–Trinajstić information content (AvgIpc) is 2.86. The van der Waals surface area contributed by atoms with Crippen LogP contribution in [-0.2, 0) is 23.9 Å². The molecule has 2 fully saturated rings. The maximum Gasteiger partial charge on any atom is 0.322 e. The molecule has 9 heteroatoms. The van der Waals surface area contributed by atoms with E-state index in [2.05, 4.69) is 9.97 Å². The Kier molecular flexibility index (Phi) is 6.51. The van der Waals surface area contributed by atoms with Crippen LogP contribution in [0.2, 0.25) is 0 Å². The van der Waals surface area contributed by atoms with Crippen LogP contribution in [0.25, 0.3) is 0 Å². The zero-order valence-corrected chi connectivity index (χ0v) is 19.9. The summed E-state index contributed by atoms with van der Waals surface area (Å²) in [6.45, 7) is 2.84. The van der Waals surface area contributed by atoms with E-state index in [1.807, 2.05) is 28.9 Å². The van der Waals surface area contributed by atoms with E-state index in [4.69, 9.17) is 9.47 Å². The highest BCUT2D eigenvalue weighted by atomic mass is 16.5. The molecule has 34 heavy (non-hydrogen) atoms. The minimum Gasteiger partial charge on any atom is -0.468 e. The lowest BCUT2D eigenvalue weighted by Gasteiger charge is -2.60. The zero-order valence-electron chi connectivity index (χ0n) is 19.9. The second-order valence-electron chi connectivity index (χ2n) is 8.95. The van der Waals surface area contributed by atoms with Crippen LogP contribution in [0, 0.1) is 10.8 Å². The van der Waals surface area contributed by atoms with Gasteiger partial charge in [0.2, 0.25) is 0 Å². The molecule has 2 aliphatic rings. The standard InChI is InChI=1S/C25H30N4O5/c1-5-14-29-15-24(22(31)33-3)19(17-10-6-8-12-26-17)28(2)20(18-11-7-9-13-27-18)25(16-29,21(24)30)23(32)34-4/h6-13,19-20H,5,14-16H2,1-4H3/t19-,20+,24-,25+. The number of aromatic nitrogens is 2. The van der Waals surface area contributed by atoms with Gasteiger partial charge in [-0.2, -0.15) is 0 Å². The Balaban J connectivity index is 2.07. The molecular weight excluding hydrogens is 436 g/mol. The van der Waals surface area contributed by atoms with Crippen molar-refractivity contribution in [3.05, 3.63) is 60.2 Å². The second kappa shape index (κ2) is 9.23. The maximum atomic E-state index is 14.6. The molecule has 2 saturated heterocycles. The Labute approximate surface area is 199 Å². The summed E-state index contributed by atoms with van der Waals surface area (Å²) in [5.74, 6) is -1.88. The van der Waals surface area contributed by atoms with Gasteiger partial charge in [-0.05, 0) is 44.3 Å². The molecule has 180 valence electrons. The molecule has 0 unspecified atom stereocenters. The molecule has 0 N–H and O–H groups in total. The lowest BCUT2D eigenvalue weighted by Crippen LogP contribution is -2.75. The molecule has 4 atom stereocenters. The van der Waals surface area contributed by atoms with E-state index in [9.17, 15) is 14.4 Å². The first kappa shape index (κ1) is 24.0. The number of rotatable bonds is 6. The first-order chi connectivity index (χ1) is 16.4. The Morgan fingerprint density at radius 3 is 1.76 bits per heavy atom. The number of likely N-dealkylation sites (tertiary alicyclic amines) is 2. The fraction of sp³-hybridized carbons (Fsp3) is 0.480. The van der Waals surface area contributed by atoms with Gasteiger partial charge in [0.1, 0.15) is 0 Å². The van der Waals surface area contributed by atoms with Gasteiger partial charge in [0.05, 0.1) is 37.7 Å². The number of esters is 2. The highest BCUT2D eigenvalue weighted by Crippen LogP contribution is 2.60. The predicted octanol–water partition coefficient (Wildman–Crippen LogP) is 1.82. The summed E-state index contributed by atoms with van der Waals surface area (Å²) in [5.41, 5.74) is -2.27. The number of pyridine rings is 2. The van der Waals surface area contributed by atoms with E-state index in [0.29, 0.717) is 17.9 Å². The van der Waals surface area contributed by atoms with Crippen LogP contribution >= 0.6 is 0 Å². The van der Waals surface area contributed by atoms with Gasteiger partial charge in [0.25, 0.3) is 0 Å². The first-order valence-electron chi connectivity index (χ1n) is 11.4. The Bertz CT molecular complexity index is 986. The zero-order chi connectivity index (χ0) is 24.5. The summed E-state index contributed by atoms with van der Waals surface area (Å²) in [5, 5.41) is 0. The van der Waals surface area contributed by atoms with Crippen LogP contribution in [0.1, 0.15) is 36.8 Å². The van der Waals surface area contributed by atoms with Crippen LogP contribution in [0.3, 0.4) is 0 Å². The summed E-state index contributed by atoms with van der Waals surface area (Å²) in [6, 6.07) is 9.20. The van der Waals surface area contributed by atoms with Crippen LogP contribution in [0.15, 0.2) is 48.8 Å². The molecule has 0 saturated carbocycles. The molecule has 2 aromatic rings. The second-order valence-corrected chi connectivity index (χ2v) is 8.95. The smallest absolute Gasteiger partial charge is 0.322 e. The molecule has 0 spiro atoms. The number of ether oxygens (including phenoxy) is 2. The van der Waals surface area contributed by atoms with Gasteiger partial charge in [-0.3, -0.25) is 29.3 Å². The number of hydrogen-bond donors (Lipinski definition) is 0. The molecule has 4 rings (SSSR count). The Hall–Kier alpha value is -3.17. The lowest BCUT2D eigenvalue weighted by molar-refractivity contribution is -0.203. The van der Waals surface area contributed by atoms with Crippen molar-refractivity contribution in [2.75, 3.05) is 40.9 Å². The number of ketones is 1. The van der Waals surface area contributed by atoms with Gasteiger partial charge >= 0.3 is 11.9 Å². The van der Waals surface area contributed by atoms with E-state index in [1.54, 1.807) is 43.7 Å². The molecule has 2 aromatic heterocycles. The van der Waals surface area contributed by atoms with Gasteiger partial charge in [-0.1, -0.05) is 19.1 Å². The van der Waals surface area contributed by atoms with Gasteiger partial charge < -0.3 is 14.4 Å². The van der Waals surface area contributed by atoms with Crippen molar-refractivity contribution in [1.29, 1.82) is 0 Å². The van der Waals surface area contributed by atoms with E-state index in [0.717, 1.165) is 6.42 Å². The minimum atomic E-state index is -1.68. The number of nitrogens with zero attached hydrogens (tertiary/aromatic N) is 4. The third kappa shape index (κ3) is 3.33. The predicted molar refractivity (Wildman–Crippen MR) is 122 cm³/mol. The molecule has 0 amide bonds. The molecule has 0 radical (unpaired) electrons.